The van der Waals surface area contributed by atoms with E-state index in [0.29, 0.717) is 0 Å². The lowest BCUT2D eigenvalue weighted by atomic mass is 10.0. The summed E-state index contributed by atoms with van der Waals surface area (Å²) in [7, 11) is 0. The van der Waals surface area contributed by atoms with Crippen LogP contribution in [0, 0.1) is 0 Å². The Balaban J connectivity index is 1.54. The van der Waals surface area contributed by atoms with E-state index in [1.807, 2.05) is 23.5 Å². The molecule has 0 aromatic heterocycles. The summed E-state index contributed by atoms with van der Waals surface area (Å²) in [5.74, 6) is 4.34. The molecule has 0 atom stereocenters. The fourth-order valence-electron chi connectivity index (χ4n) is 3.28. The molecule has 3 heterocycles. The molecule has 0 radical (unpaired) electrons. The zero-order valence-electron chi connectivity index (χ0n) is 15.0. The second-order valence-electron chi connectivity index (χ2n) is 6.94. The van der Waals surface area contributed by atoms with E-state index in [4.69, 9.17) is 0 Å². The highest BCUT2D eigenvalue weighted by Gasteiger charge is 2.02. The Morgan fingerprint density at radius 2 is 0.808 bits per heavy atom. The molecular weight excluding hydrogens is 352 g/mol. The monoisotopic (exact) mass is 376 g/mol. The summed E-state index contributed by atoms with van der Waals surface area (Å²) in [6.45, 7) is 0. The lowest BCUT2D eigenvalue weighted by Crippen LogP contribution is -1.92. The predicted molar refractivity (Wildman–Crippen MR) is 117 cm³/mol. The summed E-state index contributed by atoms with van der Waals surface area (Å²) in [5, 5.41) is 0. The number of thioether (sulfide) groups is 2. The molecule has 3 aromatic carbocycles. The van der Waals surface area contributed by atoms with Crippen molar-refractivity contribution < 1.29 is 0 Å². The number of hydrogen-bond donors (Lipinski definition) is 0. The van der Waals surface area contributed by atoms with Gasteiger partial charge in [-0.3, -0.25) is 0 Å². The Morgan fingerprint density at radius 3 is 1.27 bits per heavy atom. The first-order valence-electron chi connectivity index (χ1n) is 9.24. The first kappa shape index (κ1) is 17.8. The summed E-state index contributed by atoms with van der Waals surface area (Å²) < 4.78 is 0. The zero-order chi connectivity index (χ0) is 17.6. The van der Waals surface area contributed by atoms with E-state index in [0.717, 1.165) is 35.9 Å². The maximum atomic E-state index is 2.38. The molecule has 6 bridgehead atoms. The third-order valence-corrected chi connectivity index (χ3v) is 6.96. The standard InChI is InChI=1S/C24H24S2/c1-2-23-14-24(3-1)18-26-16-22-12-8-20(9-13-22)5-4-19-6-10-21(11-7-19)15-25-17-23/h1-3,6-14H,4-5,15-18H2. The minimum absolute atomic E-state index is 1.08. The minimum Gasteiger partial charge on any atom is -0.152 e. The van der Waals surface area contributed by atoms with Crippen LogP contribution in [0.15, 0.2) is 72.8 Å². The number of aryl methyl sites for hydroxylation is 2. The summed E-state index contributed by atoms with van der Waals surface area (Å²) >= 11 is 4.01. The maximum absolute atomic E-state index is 2.38. The van der Waals surface area contributed by atoms with Crippen LogP contribution in [-0.4, -0.2) is 0 Å². The van der Waals surface area contributed by atoms with E-state index in [9.17, 15) is 0 Å². The van der Waals surface area contributed by atoms with Gasteiger partial charge in [0.1, 0.15) is 0 Å². The van der Waals surface area contributed by atoms with Crippen LogP contribution in [0.5, 0.6) is 0 Å². The van der Waals surface area contributed by atoms with Crippen LogP contribution in [0.25, 0.3) is 0 Å². The van der Waals surface area contributed by atoms with E-state index in [1.54, 1.807) is 0 Å². The van der Waals surface area contributed by atoms with Crippen molar-refractivity contribution in [2.24, 2.45) is 0 Å². The fourth-order valence-corrected chi connectivity index (χ4v) is 5.17. The van der Waals surface area contributed by atoms with Gasteiger partial charge in [0, 0.05) is 23.0 Å². The largest absolute Gasteiger partial charge is 0.152 e. The molecule has 0 N–H and O–H groups in total. The average Bonchev–Trinajstić information content (AvgIpc) is 2.68. The van der Waals surface area contributed by atoms with E-state index in [1.165, 1.54) is 33.4 Å². The van der Waals surface area contributed by atoms with E-state index >= 15 is 0 Å². The van der Waals surface area contributed by atoms with Gasteiger partial charge in [-0.15, -0.1) is 0 Å². The van der Waals surface area contributed by atoms with E-state index < -0.39 is 0 Å². The smallest absolute Gasteiger partial charge is 0.0188 e. The Morgan fingerprint density at radius 1 is 0.423 bits per heavy atom. The number of hydrogen-bond acceptors (Lipinski definition) is 2. The SMILES string of the molecule is c1cc2cc(c1)CSCc1ccc(cc1)CCc1ccc(cc1)CSC2. The molecule has 0 nitrogen and oxygen atoms in total. The fraction of sp³-hybridized carbons (Fsp3) is 0.250. The molecule has 0 saturated carbocycles. The molecule has 0 aliphatic carbocycles. The van der Waals surface area contributed by atoms with Gasteiger partial charge in [0.25, 0.3) is 0 Å². The lowest BCUT2D eigenvalue weighted by molar-refractivity contribution is 0.958. The van der Waals surface area contributed by atoms with Gasteiger partial charge in [-0.1, -0.05) is 72.8 Å². The van der Waals surface area contributed by atoms with Crippen LogP contribution >= 0.6 is 23.5 Å². The molecule has 6 rings (SSSR count). The van der Waals surface area contributed by atoms with Crippen molar-refractivity contribution in [1.29, 1.82) is 0 Å². The molecule has 3 aliphatic rings. The molecule has 3 aromatic rings. The summed E-state index contributed by atoms with van der Waals surface area (Å²) in [5.41, 5.74) is 8.59. The quantitative estimate of drug-likeness (QED) is 0.431. The first-order chi connectivity index (χ1) is 12.8. The molecule has 0 amide bonds. The third kappa shape index (κ3) is 4.96. The molecule has 0 saturated heterocycles. The van der Waals surface area contributed by atoms with E-state index in [-0.39, 0.29) is 0 Å². The molecule has 132 valence electrons. The van der Waals surface area contributed by atoms with Crippen LogP contribution in [0.4, 0.5) is 0 Å². The molecule has 26 heavy (non-hydrogen) atoms. The Bertz CT molecular complexity index is 766. The molecule has 0 spiro atoms. The number of fused-ring (bicyclic) bond motifs is 2. The van der Waals surface area contributed by atoms with Gasteiger partial charge in [0.2, 0.25) is 0 Å². The molecule has 2 heteroatoms. The highest BCUT2D eigenvalue weighted by atomic mass is 32.2. The summed E-state index contributed by atoms with van der Waals surface area (Å²) in [4.78, 5) is 0. The van der Waals surface area contributed by atoms with Crippen LogP contribution in [-0.2, 0) is 35.9 Å². The van der Waals surface area contributed by atoms with Gasteiger partial charge in [-0.2, -0.15) is 23.5 Å². The Labute approximate surface area is 165 Å². The Kier molecular flexibility index (Phi) is 6.03. The van der Waals surface area contributed by atoms with Gasteiger partial charge in [-0.05, 0) is 46.2 Å². The zero-order valence-corrected chi connectivity index (χ0v) is 16.6. The van der Waals surface area contributed by atoms with Crippen molar-refractivity contribution in [3.63, 3.8) is 0 Å². The second kappa shape index (κ2) is 8.83. The second-order valence-corrected chi connectivity index (χ2v) is 8.91. The highest BCUT2D eigenvalue weighted by molar-refractivity contribution is 7.98. The minimum atomic E-state index is 1.08. The number of rotatable bonds is 0. The third-order valence-electron chi connectivity index (χ3n) is 4.81. The van der Waals surface area contributed by atoms with Crippen molar-refractivity contribution in [1.82, 2.24) is 0 Å². The van der Waals surface area contributed by atoms with Crippen molar-refractivity contribution in [2.75, 3.05) is 0 Å². The van der Waals surface area contributed by atoms with Crippen LogP contribution in [0.2, 0.25) is 0 Å². The van der Waals surface area contributed by atoms with Gasteiger partial charge in [0.05, 0.1) is 0 Å². The van der Waals surface area contributed by atoms with Crippen LogP contribution in [0.1, 0.15) is 33.4 Å². The van der Waals surface area contributed by atoms with Crippen LogP contribution < -0.4 is 0 Å². The topological polar surface area (TPSA) is 0 Å². The first-order valence-corrected chi connectivity index (χ1v) is 11.5. The van der Waals surface area contributed by atoms with Crippen molar-refractivity contribution in [3.05, 3.63) is 106 Å². The van der Waals surface area contributed by atoms with Crippen molar-refractivity contribution >= 4 is 23.5 Å². The van der Waals surface area contributed by atoms with E-state index in [2.05, 4.69) is 72.8 Å². The molecule has 0 unspecified atom stereocenters. The predicted octanol–water partition coefficient (Wildman–Crippen LogP) is 6.65. The van der Waals surface area contributed by atoms with Gasteiger partial charge >= 0.3 is 0 Å². The molecule has 0 fully saturated rings. The maximum Gasteiger partial charge on any atom is 0.0188 e. The molecule has 3 aliphatic heterocycles. The van der Waals surface area contributed by atoms with Gasteiger partial charge in [-0.25, -0.2) is 0 Å². The van der Waals surface area contributed by atoms with Gasteiger partial charge in [0.15, 0.2) is 0 Å². The summed E-state index contributed by atoms with van der Waals surface area (Å²) in [6.07, 6.45) is 2.24. The molecular formula is C24H24S2. The number of benzene rings is 3. The van der Waals surface area contributed by atoms with Crippen LogP contribution in [0.3, 0.4) is 0 Å². The highest BCUT2D eigenvalue weighted by Crippen LogP contribution is 2.23. The van der Waals surface area contributed by atoms with Gasteiger partial charge < -0.3 is 0 Å². The Hall–Kier alpha value is -1.64. The normalized spacial score (nSPS) is 15.2. The summed E-state index contributed by atoms with van der Waals surface area (Å²) in [6, 6.07) is 27.5. The van der Waals surface area contributed by atoms with Crippen molar-refractivity contribution in [2.45, 2.75) is 35.9 Å². The lowest BCUT2D eigenvalue weighted by Gasteiger charge is -2.06. The van der Waals surface area contributed by atoms with Crippen molar-refractivity contribution in [3.8, 4) is 0 Å². The average molecular weight is 377 g/mol.